The van der Waals surface area contributed by atoms with Crippen LogP contribution in [0, 0.1) is 0 Å². The first kappa shape index (κ1) is 15.1. The monoisotopic (exact) mass is 319 g/mol. The van der Waals surface area contributed by atoms with Crippen molar-refractivity contribution in [3.8, 4) is 11.3 Å². The molecule has 4 nitrogen and oxygen atoms in total. The molecule has 24 heavy (non-hydrogen) atoms. The van der Waals surface area contributed by atoms with Gasteiger partial charge in [0.05, 0.1) is 17.8 Å². The van der Waals surface area contributed by atoms with Gasteiger partial charge in [0.2, 0.25) is 0 Å². The third-order valence-corrected chi connectivity index (χ3v) is 4.94. The number of benzene rings is 2. The maximum Gasteiger partial charge on any atom is 0.0924 e. The molecule has 1 unspecified atom stereocenters. The highest BCUT2D eigenvalue weighted by molar-refractivity contribution is 5.58. The summed E-state index contributed by atoms with van der Waals surface area (Å²) in [5.41, 5.74) is 5.25. The predicted octanol–water partition coefficient (Wildman–Crippen LogP) is 3.00. The van der Waals surface area contributed by atoms with Crippen molar-refractivity contribution < 1.29 is 5.11 Å². The summed E-state index contributed by atoms with van der Waals surface area (Å²) in [5.74, 6) is 0. The van der Waals surface area contributed by atoms with Crippen molar-refractivity contribution in [2.75, 3.05) is 6.61 Å². The number of aromatic nitrogens is 2. The van der Waals surface area contributed by atoms with Crippen molar-refractivity contribution in [3.05, 3.63) is 77.5 Å². The van der Waals surface area contributed by atoms with E-state index in [0.29, 0.717) is 6.54 Å². The van der Waals surface area contributed by atoms with Crippen LogP contribution in [0.25, 0.3) is 11.3 Å². The molecule has 0 aliphatic heterocycles. The molecule has 2 aromatic carbocycles. The van der Waals surface area contributed by atoms with Gasteiger partial charge in [-0.25, -0.2) is 0 Å². The van der Waals surface area contributed by atoms with Gasteiger partial charge < -0.3 is 5.11 Å². The van der Waals surface area contributed by atoms with Crippen molar-refractivity contribution in [3.63, 3.8) is 0 Å². The van der Waals surface area contributed by atoms with Gasteiger partial charge in [-0.3, -0.25) is 10.4 Å². The van der Waals surface area contributed by atoms with Crippen LogP contribution in [0.4, 0.5) is 0 Å². The highest BCUT2D eigenvalue weighted by atomic mass is 16.3. The smallest absolute Gasteiger partial charge is 0.0924 e. The molecule has 1 aliphatic carbocycles. The van der Waals surface area contributed by atoms with E-state index in [1.807, 2.05) is 24.3 Å². The number of H-pyrrole nitrogens is 1. The summed E-state index contributed by atoms with van der Waals surface area (Å²) < 4.78 is 0. The standard InChI is InChI=1S/C20H21N3O/c24-14-20(11-10-15-6-4-5-9-18(15)20)21-13-17-12-19(23-22-17)16-7-2-1-3-8-16/h1-9,12,21,24H,10-11,13-14H2,(H,22,23). The average Bonchev–Trinajstić information content (AvgIpc) is 3.26. The van der Waals surface area contributed by atoms with Crippen LogP contribution in [0.1, 0.15) is 23.2 Å². The Morgan fingerprint density at radius 3 is 2.71 bits per heavy atom. The van der Waals surface area contributed by atoms with Crippen molar-refractivity contribution in [1.82, 2.24) is 15.5 Å². The number of aryl methyl sites for hydroxylation is 1. The molecule has 3 aromatic rings. The van der Waals surface area contributed by atoms with Gasteiger partial charge in [-0.2, -0.15) is 5.10 Å². The number of fused-ring (bicyclic) bond motifs is 1. The largest absolute Gasteiger partial charge is 0.394 e. The molecule has 4 rings (SSSR count). The fourth-order valence-corrected chi connectivity index (χ4v) is 3.57. The van der Waals surface area contributed by atoms with Crippen molar-refractivity contribution in [2.24, 2.45) is 0 Å². The van der Waals surface area contributed by atoms with Crippen molar-refractivity contribution in [1.29, 1.82) is 0 Å². The van der Waals surface area contributed by atoms with Gasteiger partial charge in [-0.15, -0.1) is 0 Å². The normalized spacial score (nSPS) is 19.4. The van der Waals surface area contributed by atoms with Crippen molar-refractivity contribution >= 4 is 0 Å². The van der Waals surface area contributed by atoms with E-state index in [1.165, 1.54) is 11.1 Å². The topological polar surface area (TPSA) is 60.9 Å². The molecule has 0 bridgehead atoms. The first-order valence-corrected chi connectivity index (χ1v) is 8.35. The van der Waals surface area contributed by atoms with Crippen LogP contribution in [-0.4, -0.2) is 21.9 Å². The highest BCUT2D eigenvalue weighted by Crippen LogP contribution is 2.36. The molecular weight excluding hydrogens is 298 g/mol. The first-order valence-electron chi connectivity index (χ1n) is 8.35. The van der Waals surface area contributed by atoms with E-state index in [-0.39, 0.29) is 12.1 Å². The summed E-state index contributed by atoms with van der Waals surface area (Å²) in [6, 6.07) is 20.6. The van der Waals surface area contributed by atoms with Crippen molar-refractivity contribution in [2.45, 2.75) is 24.9 Å². The van der Waals surface area contributed by atoms with Crippen LogP contribution in [-0.2, 0) is 18.5 Å². The molecule has 0 saturated carbocycles. The number of aromatic amines is 1. The summed E-state index contributed by atoms with van der Waals surface area (Å²) in [6.07, 6.45) is 1.92. The summed E-state index contributed by atoms with van der Waals surface area (Å²) in [7, 11) is 0. The van der Waals surface area contributed by atoms with Gasteiger partial charge in [0.25, 0.3) is 0 Å². The van der Waals surface area contributed by atoms with Gasteiger partial charge in [0, 0.05) is 17.8 Å². The lowest BCUT2D eigenvalue weighted by atomic mass is 9.92. The highest BCUT2D eigenvalue weighted by Gasteiger charge is 2.37. The third kappa shape index (κ3) is 2.64. The summed E-state index contributed by atoms with van der Waals surface area (Å²) in [4.78, 5) is 0. The molecule has 0 radical (unpaired) electrons. The Bertz CT molecular complexity index is 828. The average molecular weight is 319 g/mol. The summed E-state index contributed by atoms with van der Waals surface area (Å²) in [5, 5.41) is 21.1. The minimum absolute atomic E-state index is 0.101. The van der Waals surface area contributed by atoms with E-state index < -0.39 is 0 Å². The summed E-state index contributed by atoms with van der Waals surface area (Å²) in [6.45, 7) is 0.748. The van der Waals surface area contributed by atoms with Crippen LogP contribution in [0.15, 0.2) is 60.7 Å². The van der Waals surface area contributed by atoms with Crippen LogP contribution >= 0.6 is 0 Å². The quantitative estimate of drug-likeness (QED) is 0.677. The third-order valence-electron chi connectivity index (χ3n) is 4.94. The minimum Gasteiger partial charge on any atom is -0.394 e. The predicted molar refractivity (Wildman–Crippen MR) is 94.4 cm³/mol. The van der Waals surface area contributed by atoms with Gasteiger partial charge in [-0.1, -0.05) is 54.6 Å². The van der Waals surface area contributed by atoms with Crippen LogP contribution in [0.2, 0.25) is 0 Å². The zero-order valence-corrected chi connectivity index (χ0v) is 13.5. The molecule has 4 heteroatoms. The number of hydrogen-bond donors (Lipinski definition) is 3. The Morgan fingerprint density at radius 1 is 1.08 bits per heavy atom. The second-order valence-electron chi connectivity index (χ2n) is 6.40. The first-order chi connectivity index (χ1) is 11.8. The van der Waals surface area contributed by atoms with E-state index in [4.69, 9.17) is 0 Å². The molecule has 0 amide bonds. The summed E-state index contributed by atoms with van der Waals surface area (Å²) >= 11 is 0. The Balaban J connectivity index is 1.52. The van der Waals surface area contributed by atoms with Gasteiger partial charge in [-0.05, 0) is 30.0 Å². The Labute approximate surface area is 141 Å². The fraction of sp³-hybridized carbons (Fsp3) is 0.250. The van der Waals surface area contributed by atoms with E-state index in [2.05, 4.69) is 51.9 Å². The Morgan fingerprint density at radius 2 is 1.88 bits per heavy atom. The molecule has 3 N–H and O–H groups in total. The fourth-order valence-electron chi connectivity index (χ4n) is 3.57. The molecule has 0 fully saturated rings. The molecule has 1 aromatic heterocycles. The van der Waals surface area contributed by atoms with Gasteiger partial charge in [0.1, 0.15) is 0 Å². The molecular formula is C20H21N3O. The molecule has 1 aliphatic rings. The molecule has 0 saturated heterocycles. The number of aliphatic hydroxyl groups is 1. The van der Waals surface area contributed by atoms with Gasteiger partial charge >= 0.3 is 0 Å². The van der Waals surface area contributed by atoms with E-state index in [1.54, 1.807) is 0 Å². The van der Waals surface area contributed by atoms with Crippen LogP contribution in [0.3, 0.4) is 0 Å². The van der Waals surface area contributed by atoms with E-state index in [9.17, 15) is 5.11 Å². The number of rotatable bonds is 5. The Kier molecular flexibility index (Phi) is 3.92. The lowest BCUT2D eigenvalue weighted by Crippen LogP contribution is -2.43. The van der Waals surface area contributed by atoms with Gasteiger partial charge in [0.15, 0.2) is 0 Å². The second-order valence-corrected chi connectivity index (χ2v) is 6.40. The number of aliphatic hydroxyl groups excluding tert-OH is 1. The lowest BCUT2D eigenvalue weighted by Gasteiger charge is -2.29. The lowest BCUT2D eigenvalue weighted by molar-refractivity contribution is 0.158. The van der Waals surface area contributed by atoms with E-state index in [0.717, 1.165) is 29.8 Å². The zero-order valence-electron chi connectivity index (χ0n) is 13.5. The zero-order chi connectivity index (χ0) is 16.4. The maximum atomic E-state index is 10.0. The Hall–Kier alpha value is -2.43. The SMILES string of the molecule is OCC1(NCc2cc(-c3ccccc3)n[nH]2)CCc2ccccc21. The number of nitrogens with one attached hydrogen (secondary N) is 2. The molecule has 0 spiro atoms. The molecule has 122 valence electrons. The number of hydrogen-bond acceptors (Lipinski definition) is 3. The van der Waals surface area contributed by atoms with Crippen LogP contribution < -0.4 is 5.32 Å². The number of nitrogens with zero attached hydrogens (tertiary/aromatic N) is 1. The minimum atomic E-state index is -0.353. The molecule has 1 heterocycles. The maximum absolute atomic E-state index is 10.0. The second kappa shape index (κ2) is 6.23. The molecule has 1 atom stereocenters. The van der Waals surface area contributed by atoms with Crippen LogP contribution in [0.5, 0.6) is 0 Å². The van der Waals surface area contributed by atoms with E-state index >= 15 is 0 Å².